The number of halogens is 1. The predicted molar refractivity (Wildman–Crippen MR) is 68.3 cm³/mol. The number of aryl methyl sites for hydroxylation is 1. The molecule has 16 heavy (non-hydrogen) atoms. The number of hydrogen-bond donors (Lipinski definition) is 2. The monoisotopic (exact) mass is 299 g/mol. The quantitative estimate of drug-likeness (QED) is 0.908. The third-order valence-electron chi connectivity index (χ3n) is 1.92. The highest BCUT2D eigenvalue weighted by Gasteiger charge is 2.06. The van der Waals surface area contributed by atoms with Gasteiger partial charge in [0.2, 0.25) is 0 Å². The Labute approximate surface area is 105 Å². The van der Waals surface area contributed by atoms with Crippen LogP contribution in [0.2, 0.25) is 0 Å². The van der Waals surface area contributed by atoms with E-state index >= 15 is 0 Å². The standard InChI is InChI=1S/C9H10BrN5S/c1-5-15-6(3-16-5)2-12-9-7(10)8(11)13-4-14-9/h3-4H,2H2,1H3,(H3,11,12,13,14). The number of nitrogen functional groups attached to an aromatic ring is 1. The van der Waals surface area contributed by atoms with Crippen molar-refractivity contribution in [2.24, 2.45) is 0 Å². The summed E-state index contributed by atoms with van der Waals surface area (Å²) in [7, 11) is 0. The van der Waals surface area contributed by atoms with Gasteiger partial charge in [0.1, 0.15) is 22.4 Å². The highest BCUT2D eigenvalue weighted by atomic mass is 79.9. The lowest BCUT2D eigenvalue weighted by Crippen LogP contribution is -2.04. The second-order valence-electron chi connectivity index (χ2n) is 3.13. The van der Waals surface area contributed by atoms with Crippen LogP contribution in [0, 0.1) is 6.92 Å². The normalized spacial score (nSPS) is 10.4. The molecule has 0 saturated heterocycles. The molecule has 0 aliphatic heterocycles. The molecule has 0 atom stereocenters. The maximum absolute atomic E-state index is 5.64. The zero-order valence-corrected chi connectivity index (χ0v) is 11.0. The van der Waals surface area contributed by atoms with Crippen molar-refractivity contribution in [3.8, 4) is 0 Å². The van der Waals surface area contributed by atoms with E-state index in [9.17, 15) is 0 Å². The maximum atomic E-state index is 5.64. The van der Waals surface area contributed by atoms with Crippen LogP contribution in [0.15, 0.2) is 16.2 Å². The van der Waals surface area contributed by atoms with Crippen molar-refractivity contribution in [2.75, 3.05) is 11.1 Å². The number of hydrogen-bond acceptors (Lipinski definition) is 6. The summed E-state index contributed by atoms with van der Waals surface area (Å²) < 4.78 is 0.682. The number of nitrogens with zero attached hydrogens (tertiary/aromatic N) is 3. The largest absolute Gasteiger partial charge is 0.383 e. The molecular weight excluding hydrogens is 290 g/mol. The minimum Gasteiger partial charge on any atom is -0.383 e. The van der Waals surface area contributed by atoms with Crippen LogP contribution in [0.3, 0.4) is 0 Å². The van der Waals surface area contributed by atoms with E-state index in [1.807, 2.05) is 12.3 Å². The summed E-state index contributed by atoms with van der Waals surface area (Å²) in [5.41, 5.74) is 6.63. The van der Waals surface area contributed by atoms with Crippen molar-refractivity contribution in [1.82, 2.24) is 15.0 Å². The van der Waals surface area contributed by atoms with Gasteiger partial charge >= 0.3 is 0 Å². The third-order valence-corrected chi connectivity index (χ3v) is 3.52. The van der Waals surface area contributed by atoms with Gasteiger partial charge < -0.3 is 11.1 Å². The van der Waals surface area contributed by atoms with Crippen molar-refractivity contribution in [3.63, 3.8) is 0 Å². The van der Waals surface area contributed by atoms with Gasteiger partial charge in [-0.3, -0.25) is 0 Å². The Morgan fingerprint density at radius 1 is 1.50 bits per heavy atom. The van der Waals surface area contributed by atoms with E-state index in [-0.39, 0.29) is 0 Å². The Balaban J connectivity index is 2.07. The van der Waals surface area contributed by atoms with E-state index < -0.39 is 0 Å². The van der Waals surface area contributed by atoms with Crippen LogP contribution in [-0.2, 0) is 6.54 Å². The summed E-state index contributed by atoms with van der Waals surface area (Å²) in [6, 6.07) is 0. The Morgan fingerprint density at radius 2 is 2.31 bits per heavy atom. The van der Waals surface area contributed by atoms with Crippen molar-refractivity contribution in [2.45, 2.75) is 13.5 Å². The highest BCUT2D eigenvalue weighted by molar-refractivity contribution is 9.10. The number of anilines is 2. The van der Waals surface area contributed by atoms with Gasteiger partial charge in [-0.15, -0.1) is 11.3 Å². The number of aromatic nitrogens is 3. The lowest BCUT2D eigenvalue weighted by molar-refractivity contribution is 1.02. The predicted octanol–water partition coefficient (Wildman–Crippen LogP) is 2.20. The van der Waals surface area contributed by atoms with Crippen LogP contribution in [-0.4, -0.2) is 15.0 Å². The summed E-state index contributed by atoms with van der Waals surface area (Å²) >= 11 is 4.96. The van der Waals surface area contributed by atoms with Crippen molar-refractivity contribution < 1.29 is 0 Å². The van der Waals surface area contributed by atoms with E-state index in [2.05, 4.69) is 36.2 Å². The van der Waals surface area contributed by atoms with Crippen LogP contribution in [0.4, 0.5) is 11.6 Å². The number of nitrogens with one attached hydrogen (secondary N) is 1. The van der Waals surface area contributed by atoms with Gasteiger partial charge in [0.15, 0.2) is 0 Å². The molecule has 7 heteroatoms. The lowest BCUT2D eigenvalue weighted by atomic mass is 10.4. The van der Waals surface area contributed by atoms with E-state index in [0.29, 0.717) is 22.7 Å². The molecule has 0 bridgehead atoms. The number of rotatable bonds is 3. The van der Waals surface area contributed by atoms with Crippen LogP contribution in [0.1, 0.15) is 10.7 Å². The zero-order chi connectivity index (χ0) is 11.5. The van der Waals surface area contributed by atoms with E-state index in [0.717, 1.165) is 10.7 Å². The Morgan fingerprint density at radius 3 is 3.00 bits per heavy atom. The molecule has 0 aromatic carbocycles. The topological polar surface area (TPSA) is 76.7 Å². The summed E-state index contributed by atoms with van der Waals surface area (Å²) in [4.78, 5) is 12.3. The lowest BCUT2D eigenvalue weighted by Gasteiger charge is -2.06. The van der Waals surface area contributed by atoms with Crippen LogP contribution in [0.25, 0.3) is 0 Å². The molecule has 0 radical (unpaired) electrons. The number of thiazole rings is 1. The molecular formula is C9H10BrN5S. The second-order valence-corrected chi connectivity index (χ2v) is 4.99. The van der Waals surface area contributed by atoms with Crippen LogP contribution in [0.5, 0.6) is 0 Å². The molecule has 0 aliphatic rings. The fraction of sp³-hybridized carbons (Fsp3) is 0.222. The van der Waals surface area contributed by atoms with Gasteiger partial charge in [0.25, 0.3) is 0 Å². The first-order valence-electron chi connectivity index (χ1n) is 4.57. The van der Waals surface area contributed by atoms with E-state index in [4.69, 9.17) is 5.73 Å². The third kappa shape index (κ3) is 2.48. The first kappa shape index (κ1) is 11.3. The second kappa shape index (κ2) is 4.75. The van der Waals surface area contributed by atoms with E-state index in [1.165, 1.54) is 6.33 Å². The van der Waals surface area contributed by atoms with Gasteiger partial charge in [-0.25, -0.2) is 15.0 Å². The average Bonchev–Trinajstić information content (AvgIpc) is 2.67. The van der Waals surface area contributed by atoms with Crippen LogP contribution < -0.4 is 11.1 Å². The molecule has 2 rings (SSSR count). The van der Waals surface area contributed by atoms with Gasteiger partial charge in [-0.1, -0.05) is 0 Å². The molecule has 2 aromatic rings. The molecule has 2 aromatic heterocycles. The smallest absolute Gasteiger partial charge is 0.146 e. The number of nitrogens with two attached hydrogens (primary N) is 1. The van der Waals surface area contributed by atoms with Gasteiger partial charge in [0, 0.05) is 5.38 Å². The molecule has 3 N–H and O–H groups in total. The summed E-state index contributed by atoms with van der Waals surface area (Å²) in [5.74, 6) is 1.10. The molecule has 0 amide bonds. The summed E-state index contributed by atoms with van der Waals surface area (Å²) in [6.45, 7) is 2.60. The Bertz CT molecular complexity index is 498. The van der Waals surface area contributed by atoms with Crippen LogP contribution >= 0.6 is 27.3 Å². The molecule has 0 spiro atoms. The van der Waals surface area contributed by atoms with Gasteiger partial charge in [-0.2, -0.15) is 0 Å². The SMILES string of the molecule is Cc1nc(CNc2ncnc(N)c2Br)cs1. The molecule has 0 fully saturated rings. The summed E-state index contributed by atoms with van der Waals surface area (Å²) in [6.07, 6.45) is 1.43. The molecule has 84 valence electrons. The Hall–Kier alpha value is -1.21. The first-order valence-corrected chi connectivity index (χ1v) is 6.25. The maximum Gasteiger partial charge on any atom is 0.146 e. The highest BCUT2D eigenvalue weighted by Crippen LogP contribution is 2.24. The minimum absolute atomic E-state index is 0.423. The van der Waals surface area contributed by atoms with E-state index in [1.54, 1.807) is 11.3 Å². The van der Waals surface area contributed by atoms with Crippen molar-refractivity contribution in [3.05, 3.63) is 26.9 Å². The molecule has 0 unspecified atom stereocenters. The summed E-state index contributed by atoms with van der Waals surface area (Å²) in [5, 5.41) is 6.22. The average molecular weight is 300 g/mol. The van der Waals surface area contributed by atoms with Crippen molar-refractivity contribution in [1.29, 1.82) is 0 Å². The fourth-order valence-corrected chi connectivity index (χ4v) is 2.13. The molecule has 0 aliphatic carbocycles. The Kier molecular flexibility index (Phi) is 3.35. The van der Waals surface area contributed by atoms with Gasteiger partial charge in [-0.05, 0) is 22.9 Å². The minimum atomic E-state index is 0.423. The molecule has 2 heterocycles. The first-order chi connectivity index (χ1) is 7.66. The molecule has 5 nitrogen and oxygen atoms in total. The van der Waals surface area contributed by atoms with Gasteiger partial charge in [0.05, 0.1) is 17.2 Å². The zero-order valence-electron chi connectivity index (χ0n) is 8.57. The van der Waals surface area contributed by atoms with Crippen molar-refractivity contribution >= 4 is 38.9 Å². The molecule has 0 saturated carbocycles. The fourth-order valence-electron chi connectivity index (χ4n) is 1.17.